The molecule has 1 aliphatic heterocycles. The number of nitrogen functional groups attached to an aromatic ring is 1. The SMILES string of the molecule is Cc1cc(C(F)(F)F)nc(N2CCN(c3nc(N)nc4nc[nH]c34)CC2)n1. The summed E-state index contributed by atoms with van der Waals surface area (Å²) in [6.07, 6.45) is -2.99. The zero-order chi connectivity index (χ0) is 19.2. The highest BCUT2D eigenvalue weighted by molar-refractivity contribution is 5.84. The Kier molecular flexibility index (Phi) is 3.97. The summed E-state index contributed by atoms with van der Waals surface area (Å²) in [6.45, 7) is 3.45. The summed E-state index contributed by atoms with van der Waals surface area (Å²) in [5.74, 6) is 0.815. The Morgan fingerprint density at radius 3 is 2.44 bits per heavy atom. The maximum atomic E-state index is 13.0. The monoisotopic (exact) mass is 379 g/mol. The molecule has 1 fully saturated rings. The van der Waals surface area contributed by atoms with Crippen molar-refractivity contribution >= 4 is 28.9 Å². The fourth-order valence-corrected chi connectivity index (χ4v) is 3.02. The van der Waals surface area contributed by atoms with E-state index in [-0.39, 0.29) is 17.6 Å². The van der Waals surface area contributed by atoms with Crippen molar-refractivity contribution in [1.82, 2.24) is 29.9 Å². The molecule has 142 valence electrons. The average molecular weight is 379 g/mol. The van der Waals surface area contributed by atoms with Crippen LogP contribution in [0.15, 0.2) is 12.4 Å². The van der Waals surface area contributed by atoms with Gasteiger partial charge in [-0.2, -0.15) is 23.1 Å². The van der Waals surface area contributed by atoms with Crippen molar-refractivity contribution in [1.29, 1.82) is 0 Å². The second-order valence-electron chi connectivity index (χ2n) is 6.17. The maximum absolute atomic E-state index is 13.0. The molecular formula is C15H16F3N9. The van der Waals surface area contributed by atoms with Gasteiger partial charge in [0.2, 0.25) is 11.9 Å². The van der Waals surface area contributed by atoms with Crippen molar-refractivity contribution in [2.75, 3.05) is 41.7 Å². The number of anilines is 3. The fraction of sp³-hybridized carbons (Fsp3) is 0.400. The summed E-state index contributed by atoms with van der Waals surface area (Å²) in [6, 6.07) is 0.943. The number of piperazine rings is 1. The molecule has 0 radical (unpaired) electrons. The predicted molar refractivity (Wildman–Crippen MR) is 92.3 cm³/mol. The number of aromatic nitrogens is 6. The largest absolute Gasteiger partial charge is 0.433 e. The molecule has 1 saturated heterocycles. The third kappa shape index (κ3) is 3.29. The first-order chi connectivity index (χ1) is 12.8. The first-order valence-electron chi connectivity index (χ1n) is 8.20. The first-order valence-corrected chi connectivity index (χ1v) is 8.20. The lowest BCUT2D eigenvalue weighted by atomic mass is 10.3. The van der Waals surface area contributed by atoms with Crippen molar-refractivity contribution < 1.29 is 13.2 Å². The van der Waals surface area contributed by atoms with Crippen molar-refractivity contribution in [3.05, 3.63) is 23.8 Å². The molecule has 3 aromatic rings. The van der Waals surface area contributed by atoms with Gasteiger partial charge in [-0.15, -0.1) is 0 Å². The molecule has 0 unspecified atom stereocenters. The second kappa shape index (κ2) is 6.21. The van der Waals surface area contributed by atoms with Gasteiger partial charge in [0.25, 0.3) is 0 Å². The Morgan fingerprint density at radius 1 is 1.04 bits per heavy atom. The minimum absolute atomic E-state index is 0.0795. The van der Waals surface area contributed by atoms with Gasteiger partial charge in [0.05, 0.1) is 6.33 Å². The molecule has 12 heteroatoms. The van der Waals surface area contributed by atoms with Crippen LogP contribution in [0.3, 0.4) is 0 Å². The van der Waals surface area contributed by atoms with Crippen LogP contribution in [-0.2, 0) is 6.18 Å². The summed E-state index contributed by atoms with van der Waals surface area (Å²) in [5.41, 5.74) is 6.22. The molecule has 0 saturated carbocycles. The van der Waals surface area contributed by atoms with Crippen molar-refractivity contribution in [2.24, 2.45) is 0 Å². The van der Waals surface area contributed by atoms with E-state index in [1.54, 1.807) is 4.90 Å². The lowest BCUT2D eigenvalue weighted by molar-refractivity contribution is -0.141. The standard InChI is InChI=1S/C15H16F3N9/c1-8-6-9(15(16,17)18)23-14(22-8)27-4-2-26(3-5-27)12-10-11(21-7-20-10)24-13(19)25-12/h6-7H,2-5H2,1H3,(H3,19,20,21,24,25). The Balaban J connectivity index is 1.56. The lowest BCUT2D eigenvalue weighted by Crippen LogP contribution is -2.47. The van der Waals surface area contributed by atoms with Gasteiger partial charge in [-0.1, -0.05) is 0 Å². The molecule has 0 spiro atoms. The van der Waals surface area contributed by atoms with Crippen LogP contribution in [0.1, 0.15) is 11.4 Å². The number of imidazole rings is 1. The van der Waals surface area contributed by atoms with Gasteiger partial charge in [0.1, 0.15) is 11.2 Å². The van der Waals surface area contributed by atoms with Crippen molar-refractivity contribution in [3.63, 3.8) is 0 Å². The quantitative estimate of drug-likeness (QED) is 0.687. The molecule has 1 aliphatic rings. The Labute approximate surface area is 151 Å². The van der Waals surface area contributed by atoms with E-state index in [0.717, 1.165) is 6.07 Å². The van der Waals surface area contributed by atoms with Crippen LogP contribution in [0.2, 0.25) is 0 Å². The average Bonchev–Trinajstić information content (AvgIpc) is 3.08. The molecule has 0 bridgehead atoms. The fourth-order valence-electron chi connectivity index (χ4n) is 3.02. The van der Waals surface area contributed by atoms with Gasteiger partial charge < -0.3 is 20.5 Å². The number of halogens is 3. The number of H-pyrrole nitrogens is 1. The maximum Gasteiger partial charge on any atom is 0.433 e. The van der Waals surface area contributed by atoms with E-state index in [2.05, 4.69) is 29.9 Å². The second-order valence-corrected chi connectivity index (χ2v) is 6.17. The van der Waals surface area contributed by atoms with Crippen molar-refractivity contribution in [2.45, 2.75) is 13.1 Å². The number of fused-ring (bicyclic) bond motifs is 1. The molecule has 4 heterocycles. The third-order valence-corrected chi connectivity index (χ3v) is 4.28. The summed E-state index contributed by atoms with van der Waals surface area (Å²) >= 11 is 0. The Bertz CT molecular complexity index is 976. The number of nitrogens with one attached hydrogen (secondary N) is 1. The molecule has 4 rings (SSSR count). The summed E-state index contributed by atoms with van der Waals surface area (Å²) < 4.78 is 39.0. The molecule has 3 aromatic heterocycles. The number of nitrogens with two attached hydrogens (primary N) is 1. The van der Waals surface area contributed by atoms with Crippen LogP contribution in [0.5, 0.6) is 0 Å². The highest BCUT2D eigenvalue weighted by Crippen LogP contribution is 2.29. The number of aryl methyl sites for hydroxylation is 1. The van der Waals surface area contributed by atoms with Gasteiger partial charge in [-0.3, -0.25) is 0 Å². The van der Waals surface area contributed by atoms with Crippen LogP contribution < -0.4 is 15.5 Å². The number of nitrogens with zero attached hydrogens (tertiary/aromatic N) is 7. The Hall–Kier alpha value is -3.18. The van der Waals surface area contributed by atoms with E-state index in [0.29, 0.717) is 43.2 Å². The minimum Gasteiger partial charge on any atom is -0.368 e. The molecule has 0 atom stereocenters. The van der Waals surface area contributed by atoms with Gasteiger partial charge >= 0.3 is 6.18 Å². The zero-order valence-corrected chi connectivity index (χ0v) is 14.3. The van der Waals surface area contributed by atoms with E-state index in [9.17, 15) is 13.2 Å². The highest BCUT2D eigenvalue weighted by Gasteiger charge is 2.34. The summed E-state index contributed by atoms with van der Waals surface area (Å²) in [7, 11) is 0. The van der Waals surface area contributed by atoms with Gasteiger partial charge in [0, 0.05) is 31.9 Å². The molecule has 9 nitrogen and oxygen atoms in total. The molecular weight excluding hydrogens is 363 g/mol. The highest BCUT2D eigenvalue weighted by atomic mass is 19.4. The van der Waals surface area contributed by atoms with Crippen LogP contribution >= 0.6 is 0 Å². The predicted octanol–water partition coefficient (Wildman–Crippen LogP) is 1.38. The summed E-state index contributed by atoms with van der Waals surface area (Å²) in [5, 5.41) is 0. The topological polar surface area (TPSA) is 113 Å². The van der Waals surface area contributed by atoms with Crippen LogP contribution in [0.25, 0.3) is 11.2 Å². The number of hydrogen-bond acceptors (Lipinski definition) is 8. The van der Waals surface area contributed by atoms with E-state index in [4.69, 9.17) is 5.73 Å². The molecule has 27 heavy (non-hydrogen) atoms. The van der Waals surface area contributed by atoms with Crippen LogP contribution in [0, 0.1) is 6.92 Å². The normalized spacial score (nSPS) is 15.6. The van der Waals surface area contributed by atoms with Gasteiger partial charge in [0.15, 0.2) is 11.5 Å². The molecule has 0 amide bonds. The van der Waals surface area contributed by atoms with Crippen LogP contribution in [-0.4, -0.2) is 56.1 Å². The third-order valence-electron chi connectivity index (χ3n) is 4.28. The van der Waals surface area contributed by atoms with E-state index < -0.39 is 11.9 Å². The first kappa shape index (κ1) is 17.2. The Morgan fingerprint density at radius 2 is 1.74 bits per heavy atom. The van der Waals surface area contributed by atoms with E-state index in [1.165, 1.54) is 13.3 Å². The van der Waals surface area contributed by atoms with Crippen molar-refractivity contribution in [3.8, 4) is 0 Å². The van der Waals surface area contributed by atoms with Gasteiger partial charge in [-0.25, -0.2) is 15.0 Å². The van der Waals surface area contributed by atoms with Gasteiger partial charge in [-0.05, 0) is 13.0 Å². The van der Waals surface area contributed by atoms with E-state index in [1.807, 2.05) is 4.90 Å². The zero-order valence-electron chi connectivity index (χ0n) is 14.3. The van der Waals surface area contributed by atoms with Crippen LogP contribution in [0.4, 0.5) is 30.9 Å². The number of hydrogen-bond donors (Lipinski definition) is 2. The molecule has 3 N–H and O–H groups in total. The minimum atomic E-state index is -4.50. The molecule has 0 aromatic carbocycles. The lowest BCUT2D eigenvalue weighted by Gasteiger charge is -2.35. The summed E-state index contributed by atoms with van der Waals surface area (Å²) in [4.78, 5) is 27.0. The smallest absolute Gasteiger partial charge is 0.368 e. The number of aromatic amines is 1. The number of alkyl halides is 3. The van der Waals surface area contributed by atoms with E-state index >= 15 is 0 Å². The number of rotatable bonds is 2. The molecule has 0 aliphatic carbocycles.